The Bertz CT molecular complexity index is 1760. The number of nitrogens with one attached hydrogen (secondary N) is 1. The molecular weight excluding hydrogens is 695 g/mol. The molecule has 0 unspecified atom stereocenters. The highest BCUT2D eigenvalue weighted by Gasteiger charge is 2.44. The van der Waals surface area contributed by atoms with E-state index in [1.165, 1.54) is 11.0 Å². The monoisotopic (exact) mass is 717 g/mol. The van der Waals surface area contributed by atoms with Crippen LogP contribution in [-0.4, -0.2) is 71.5 Å². The van der Waals surface area contributed by atoms with Crippen LogP contribution < -0.4 is 10.2 Å². The molecule has 0 spiro atoms. The fraction of sp³-hybridized carbons (Fsp3) is 0.258. The minimum atomic E-state index is -4.80. The van der Waals surface area contributed by atoms with Gasteiger partial charge in [0.1, 0.15) is 17.8 Å². The van der Waals surface area contributed by atoms with Crippen molar-refractivity contribution < 1.29 is 37.1 Å². The van der Waals surface area contributed by atoms with Gasteiger partial charge in [0.05, 0.1) is 35.1 Å². The number of benzodiazepines with no additional fused rings is 1. The number of fused-ring (bicyclic) bond motifs is 2. The van der Waals surface area contributed by atoms with Gasteiger partial charge in [0.25, 0.3) is 5.91 Å². The van der Waals surface area contributed by atoms with Crippen molar-refractivity contribution in [2.45, 2.75) is 18.3 Å². The number of carbonyl (C=O) groups excluding carboxylic acids is 3. The average molecular weight is 719 g/mol. The van der Waals surface area contributed by atoms with Crippen molar-refractivity contribution in [3.05, 3.63) is 94.5 Å². The van der Waals surface area contributed by atoms with Crippen molar-refractivity contribution in [2.75, 3.05) is 36.5 Å². The van der Waals surface area contributed by atoms with E-state index >= 15 is 0 Å². The summed E-state index contributed by atoms with van der Waals surface area (Å²) < 4.78 is 46.6. The van der Waals surface area contributed by atoms with Crippen molar-refractivity contribution in [1.82, 2.24) is 4.90 Å². The molecule has 3 amide bonds. The summed E-state index contributed by atoms with van der Waals surface area (Å²) in [6.07, 6.45) is -6.34. The summed E-state index contributed by atoms with van der Waals surface area (Å²) in [5, 5.41) is 5.83. The fourth-order valence-corrected chi connectivity index (χ4v) is 6.18. The first-order valence-corrected chi connectivity index (χ1v) is 15.2. The number of halogens is 5. The van der Waals surface area contributed by atoms with Crippen molar-refractivity contribution in [3.63, 3.8) is 0 Å². The van der Waals surface area contributed by atoms with Gasteiger partial charge in [-0.25, -0.2) is 4.79 Å². The van der Waals surface area contributed by atoms with Crippen LogP contribution in [0.2, 0.25) is 5.02 Å². The van der Waals surface area contributed by atoms with Crippen molar-refractivity contribution in [2.24, 2.45) is 16.1 Å². The number of hydrogen-bond donors (Lipinski definition) is 1. The molecule has 3 aliphatic rings. The van der Waals surface area contributed by atoms with Gasteiger partial charge in [0.2, 0.25) is 5.91 Å². The Kier molecular flexibility index (Phi) is 8.75. The van der Waals surface area contributed by atoms with E-state index in [1.807, 2.05) is 6.07 Å². The van der Waals surface area contributed by atoms with Gasteiger partial charge in [-0.3, -0.25) is 19.9 Å². The zero-order valence-corrected chi connectivity index (χ0v) is 26.1. The SMILES string of the molecule is O=C(Nc1ccc(Cl)cc1C(F)(F)F)OC[C@H]1N=C(c2ccccc2)c2ccccc2N(CC(=O)N2C[C@@H]3ON=C(Br)[C@@H]3C2)C1=O. The number of para-hydroxylation sites is 1. The van der Waals surface area contributed by atoms with E-state index in [2.05, 4.69) is 31.4 Å². The molecule has 6 rings (SSSR count). The highest BCUT2D eigenvalue weighted by molar-refractivity contribution is 9.18. The second kappa shape index (κ2) is 12.8. The maximum absolute atomic E-state index is 14.1. The van der Waals surface area contributed by atoms with Crippen LogP contribution in [0.25, 0.3) is 0 Å². The van der Waals surface area contributed by atoms with E-state index < -0.39 is 42.1 Å². The molecule has 0 aromatic heterocycles. The zero-order valence-electron chi connectivity index (χ0n) is 23.7. The molecule has 10 nitrogen and oxygen atoms in total. The topological polar surface area (TPSA) is 113 Å². The van der Waals surface area contributed by atoms with Crippen LogP contribution in [0, 0.1) is 5.92 Å². The van der Waals surface area contributed by atoms with Crippen LogP contribution in [0.1, 0.15) is 16.7 Å². The lowest BCUT2D eigenvalue weighted by Gasteiger charge is -2.27. The molecule has 1 fully saturated rings. The number of aliphatic imine (C=N–C) groups is 1. The van der Waals surface area contributed by atoms with E-state index in [0.29, 0.717) is 39.8 Å². The van der Waals surface area contributed by atoms with Gasteiger partial charge in [-0.2, -0.15) is 13.2 Å². The number of nitrogens with zero attached hydrogens (tertiary/aromatic N) is 4. The van der Waals surface area contributed by atoms with E-state index in [1.54, 1.807) is 53.4 Å². The Labute approximate surface area is 273 Å². The number of rotatable bonds is 6. The average Bonchev–Trinajstić information content (AvgIpc) is 3.59. The summed E-state index contributed by atoms with van der Waals surface area (Å²) in [5.74, 6) is -1.09. The second-order valence-electron chi connectivity index (χ2n) is 10.7. The molecule has 3 heterocycles. The van der Waals surface area contributed by atoms with Crippen LogP contribution >= 0.6 is 27.5 Å². The molecule has 15 heteroatoms. The molecule has 0 saturated carbocycles. The lowest BCUT2D eigenvalue weighted by Crippen LogP contribution is -2.47. The van der Waals surface area contributed by atoms with Crippen LogP contribution in [0.5, 0.6) is 0 Å². The molecule has 1 saturated heterocycles. The maximum atomic E-state index is 14.1. The molecule has 3 aliphatic heterocycles. The molecule has 238 valence electrons. The molecule has 3 aromatic carbocycles. The third-order valence-corrected chi connectivity index (χ3v) is 8.69. The predicted molar refractivity (Wildman–Crippen MR) is 167 cm³/mol. The molecule has 0 radical (unpaired) electrons. The maximum Gasteiger partial charge on any atom is 0.418 e. The van der Waals surface area contributed by atoms with Gasteiger partial charge in [0, 0.05) is 22.7 Å². The number of hydrogen-bond acceptors (Lipinski definition) is 7. The first kappa shape index (κ1) is 31.5. The quantitative estimate of drug-likeness (QED) is 0.350. The number of likely N-dealkylation sites (tertiary alicyclic amines) is 1. The van der Waals surface area contributed by atoms with Crippen LogP contribution in [-0.2, 0) is 25.3 Å². The molecule has 0 bridgehead atoms. The fourth-order valence-electron chi connectivity index (χ4n) is 5.48. The van der Waals surface area contributed by atoms with E-state index in [9.17, 15) is 27.6 Å². The van der Waals surface area contributed by atoms with Crippen LogP contribution in [0.15, 0.2) is 82.9 Å². The zero-order chi connectivity index (χ0) is 32.6. The number of amides is 3. The Morgan fingerprint density at radius 1 is 1.07 bits per heavy atom. The standard InChI is InChI=1S/C31H24BrClF3N5O5/c32-28-20-13-40(14-25(20)46-39-28)26(42)15-41-24-9-5-4-8-19(24)27(17-6-2-1-3-7-17)37-23(29(41)43)16-45-30(44)38-22-11-10-18(33)12-21(22)31(34,35)36/h1-12,20,23,25H,13-16H2,(H,38,44)/t20-,23-,25+/m1/s1. The van der Waals surface area contributed by atoms with Crippen molar-refractivity contribution >= 4 is 67.1 Å². The number of alkyl halides is 3. The summed E-state index contributed by atoms with van der Waals surface area (Å²) in [4.78, 5) is 53.4. The lowest BCUT2D eigenvalue weighted by molar-refractivity contribution is -0.137. The normalized spacial score (nSPS) is 20.6. The third kappa shape index (κ3) is 6.44. The summed E-state index contributed by atoms with van der Waals surface area (Å²) in [6.45, 7) is -0.334. The Morgan fingerprint density at radius 2 is 1.80 bits per heavy atom. The summed E-state index contributed by atoms with van der Waals surface area (Å²) in [7, 11) is 0. The molecule has 46 heavy (non-hydrogen) atoms. The van der Waals surface area contributed by atoms with Gasteiger partial charge in [-0.15, -0.1) is 0 Å². The van der Waals surface area contributed by atoms with Gasteiger partial charge in [-0.1, -0.05) is 65.3 Å². The number of ether oxygens (including phenoxy) is 1. The third-order valence-electron chi connectivity index (χ3n) is 7.72. The van der Waals surface area contributed by atoms with E-state index in [4.69, 9.17) is 21.2 Å². The van der Waals surface area contributed by atoms with Crippen LogP contribution in [0.4, 0.5) is 29.3 Å². The molecule has 3 atom stereocenters. The first-order valence-electron chi connectivity index (χ1n) is 14.0. The molecule has 0 aliphatic carbocycles. The Hall–Kier alpha value is -4.43. The minimum Gasteiger partial charge on any atom is -0.446 e. The highest BCUT2D eigenvalue weighted by atomic mass is 79.9. The largest absolute Gasteiger partial charge is 0.446 e. The molecule has 3 aromatic rings. The van der Waals surface area contributed by atoms with Gasteiger partial charge in [-0.05, 0) is 40.2 Å². The summed E-state index contributed by atoms with van der Waals surface area (Å²) >= 11 is 9.10. The van der Waals surface area contributed by atoms with Gasteiger partial charge >= 0.3 is 12.3 Å². The predicted octanol–water partition coefficient (Wildman–Crippen LogP) is 5.73. The van der Waals surface area contributed by atoms with E-state index in [-0.39, 0.29) is 36.0 Å². The smallest absolute Gasteiger partial charge is 0.418 e. The number of carbonyl (C=O) groups is 3. The lowest BCUT2D eigenvalue weighted by atomic mass is 10.0. The first-order chi connectivity index (χ1) is 22.0. The van der Waals surface area contributed by atoms with Gasteiger partial charge < -0.3 is 19.4 Å². The Morgan fingerprint density at radius 3 is 2.54 bits per heavy atom. The van der Waals surface area contributed by atoms with E-state index in [0.717, 1.165) is 6.07 Å². The summed E-state index contributed by atoms with van der Waals surface area (Å²) in [6, 6.07) is 17.5. The highest BCUT2D eigenvalue weighted by Crippen LogP contribution is 2.37. The minimum absolute atomic E-state index is 0.109. The number of oxime groups is 1. The number of anilines is 2. The second-order valence-corrected chi connectivity index (χ2v) is 11.9. The van der Waals surface area contributed by atoms with Crippen molar-refractivity contribution in [3.8, 4) is 0 Å². The number of benzene rings is 3. The molecule has 1 N–H and O–H groups in total. The van der Waals surface area contributed by atoms with Crippen LogP contribution in [0.3, 0.4) is 0 Å². The summed E-state index contributed by atoms with van der Waals surface area (Å²) in [5.41, 5.74) is 0.323. The van der Waals surface area contributed by atoms with Crippen molar-refractivity contribution in [1.29, 1.82) is 0 Å². The molecular formula is C31H24BrClF3N5O5. The Balaban J connectivity index is 1.28. The van der Waals surface area contributed by atoms with Gasteiger partial charge in [0.15, 0.2) is 12.1 Å².